The normalized spacial score (nSPS) is 24.9. The molecule has 7 heteroatoms. The van der Waals surface area contributed by atoms with E-state index < -0.39 is 0 Å². The number of amides is 1. The molecule has 0 bridgehead atoms. The maximum atomic E-state index is 14.1. The van der Waals surface area contributed by atoms with Crippen molar-refractivity contribution in [3.8, 4) is 0 Å². The van der Waals surface area contributed by atoms with E-state index in [9.17, 15) is 4.79 Å². The Labute approximate surface area is 220 Å². The second-order valence-corrected chi connectivity index (χ2v) is 12.6. The summed E-state index contributed by atoms with van der Waals surface area (Å²) in [6.45, 7) is 8.97. The molecule has 3 heterocycles. The summed E-state index contributed by atoms with van der Waals surface area (Å²) >= 11 is 0. The van der Waals surface area contributed by atoms with Crippen LogP contribution in [-0.4, -0.2) is 48.9 Å². The number of methoxy groups -OCH3 is 1. The maximum Gasteiger partial charge on any atom is 0.230 e. The van der Waals surface area contributed by atoms with Crippen LogP contribution >= 0.6 is 0 Å². The first-order chi connectivity index (χ1) is 17.7. The van der Waals surface area contributed by atoms with Gasteiger partial charge >= 0.3 is 0 Å². The van der Waals surface area contributed by atoms with Gasteiger partial charge in [-0.3, -0.25) is 4.79 Å². The number of fused-ring (bicyclic) bond motifs is 2. The number of nitrogens with one attached hydrogen (secondary N) is 1. The van der Waals surface area contributed by atoms with E-state index in [4.69, 9.17) is 9.47 Å². The third-order valence-electron chi connectivity index (χ3n) is 8.63. The smallest absolute Gasteiger partial charge is 0.230 e. The fourth-order valence-electron chi connectivity index (χ4n) is 6.73. The zero-order valence-electron chi connectivity index (χ0n) is 22.6. The van der Waals surface area contributed by atoms with Crippen molar-refractivity contribution in [2.24, 2.45) is 11.3 Å². The lowest BCUT2D eigenvalue weighted by Crippen LogP contribution is -2.64. The maximum absolute atomic E-state index is 14.1. The zero-order chi connectivity index (χ0) is 25.8. The van der Waals surface area contributed by atoms with Gasteiger partial charge in [-0.2, -0.15) is 0 Å². The van der Waals surface area contributed by atoms with Crippen LogP contribution in [0.5, 0.6) is 0 Å². The molecular weight excluding hydrogens is 464 g/mol. The Morgan fingerprint density at radius 1 is 1.08 bits per heavy atom. The molecule has 1 spiro atoms. The van der Waals surface area contributed by atoms with Crippen molar-refractivity contribution in [2.75, 3.05) is 35.3 Å². The summed E-state index contributed by atoms with van der Waals surface area (Å²) < 4.78 is 11.7. The molecule has 0 unspecified atom stereocenters. The van der Waals surface area contributed by atoms with Crippen LogP contribution in [0.4, 0.5) is 22.9 Å². The molecule has 0 atom stereocenters. The lowest BCUT2D eigenvalue weighted by Gasteiger charge is -2.59. The van der Waals surface area contributed by atoms with Gasteiger partial charge in [-0.25, -0.2) is 4.98 Å². The fraction of sp³-hybridized carbons (Fsp3) is 0.600. The van der Waals surface area contributed by atoms with Crippen LogP contribution in [0.3, 0.4) is 0 Å². The average Bonchev–Trinajstić information content (AvgIpc) is 2.98. The van der Waals surface area contributed by atoms with E-state index in [2.05, 4.69) is 60.2 Å². The quantitative estimate of drug-likeness (QED) is 0.580. The Kier molecular flexibility index (Phi) is 6.19. The first kappa shape index (κ1) is 24.7. The first-order valence-electron chi connectivity index (χ1n) is 13.8. The number of hydrogen-bond donors (Lipinski definition) is 1. The van der Waals surface area contributed by atoms with Gasteiger partial charge < -0.3 is 24.6 Å². The molecule has 1 amide bonds. The van der Waals surface area contributed by atoms with Gasteiger partial charge in [0, 0.05) is 49.0 Å². The molecule has 2 aliphatic heterocycles. The topological polar surface area (TPSA) is 66.9 Å². The lowest BCUT2D eigenvalue weighted by molar-refractivity contribution is -0.126. The largest absolute Gasteiger partial charge is 0.381 e. The van der Waals surface area contributed by atoms with Crippen LogP contribution in [0, 0.1) is 11.3 Å². The molecule has 1 aromatic heterocycles. The number of anilines is 4. The highest BCUT2D eigenvalue weighted by Crippen LogP contribution is 2.51. The standard InChI is InChI=1S/C30H40N4O3/c1-29(2,3)37-23-10-7-20(8-11-23)28(35)34-17-21-6-5-13-31-27(21)32-25-12-9-22(14-26(25)34)33-18-30(19-33)15-24(16-30)36-4/h5-6,9,12-14,20,23-24H,7-8,10-11,15-19H2,1-4H3,(H,31,32)/t20-,23-. The molecule has 37 heavy (non-hydrogen) atoms. The molecule has 7 nitrogen and oxygen atoms in total. The average molecular weight is 505 g/mol. The van der Waals surface area contributed by atoms with Gasteiger partial charge in [0.05, 0.1) is 35.7 Å². The summed E-state index contributed by atoms with van der Waals surface area (Å²) in [5.41, 5.74) is 4.39. The van der Waals surface area contributed by atoms with Crippen LogP contribution in [0.2, 0.25) is 0 Å². The van der Waals surface area contributed by atoms with Crippen LogP contribution in [0.1, 0.15) is 64.9 Å². The van der Waals surface area contributed by atoms with Crippen molar-refractivity contribution in [3.63, 3.8) is 0 Å². The van der Waals surface area contributed by atoms with E-state index in [1.54, 1.807) is 6.20 Å². The van der Waals surface area contributed by atoms with Crippen molar-refractivity contribution in [3.05, 3.63) is 42.1 Å². The molecule has 6 rings (SSSR count). The highest BCUT2D eigenvalue weighted by Gasteiger charge is 2.52. The fourth-order valence-corrected chi connectivity index (χ4v) is 6.73. The predicted octanol–water partition coefficient (Wildman–Crippen LogP) is 5.66. The molecule has 2 aromatic rings. The minimum atomic E-state index is -0.149. The Balaban J connectivity index is 1.23. The highest BCUT2D eigenvalue weighted by molar-refractivity contribution is 6.00. The van der Waals surface area contributed by atoms with E-state index in [0.717, 1.165) is 74.4 Å². The summed E-state index contributed by atoms with van der Waals surface area (Å²) in [5, 5.41) is 3.52. The molecule has 3 fully saturated rings. The Morgan fingerprint density at radius 3 is 2.54 bits per heavy atom. The van der Waals surface area contributed by atoms with Gasteiger partial charge in [0.2, 0.25) is 5.91 Å². The van der Waals surface area contributed by atoms with E-state index in [1.165, 1.54) is 5.69 Å². The number of aromatic nitrogens is 1. The van der Waals surface area contributed by atoms with Gasteiger partial charge in [-0.15, -0.1) is 0 Å². The molecule has 1 saturated heterocycles. The number of nitrogens with zero attached hydrogens (tertiary/aromatic N) is 3. The van der Waals surface area contributed by atoms with E-state index >= 15 is 0 Å². The molecule has 4 aliphatic rings. The van der Waals surface area contributed by atoms with Crippen molar-refractivity contribution < 1.29 is 14.3 Å². The lowest BCUT2D eigenvalue weighted by atomic mass is 9.61. The number of pyridine rings is 1. The summed E-state index contributed by atoms with van der Waals surface area (Å²) in [7, 11) is 1.82. The molecule has 2 saturated carbocycles. The van der Waals surface area contributed by atoms with Crippen LogP contribution in [-0.2, 0) is 20.8 Å². The van der Waals surface area contributed by atoms with Crippen LogP contribution in [0.25, 0.3) is 0 Å². The highest BCUT2D eigenvalue weighted by atomic mass is 16.5. The Morgan fingerprint density at radius 2 is 1.84 bits per heavy atom. The number of rotatable bonds is 4. The first-order valence-corrected chi connectivity index (χ1v) is 13.8. The van der Waals surface area contributed by atoms with Crippen LogP contribution < -0.4 is 15.1 Å². The van der Waals surface area contributed by atoms with Gasteiger partial charge in [0.1, 0.15) is 5.82 Å². The second kappa shape index (κ2) is 9.28. The Bertz CT molecular complexity index is 1150. The molecule has 2 aliphatic carbocycles. The monoisotopic (exact) mass is 504 g/mol. The van der Waals surface area contributed by atoms with Gasteiger partial charge in [0.25, 0.3) is 0 Å². The number of carbonyl (C=O) groups is 1. The third kappa shape index (κ3) is 4.84. The van der Waals surface area contributed by atoms with Crippen molar-refractivity contribution >= 4 is 28.8 Å². The van der Waals surface area contributed by atoms with E-state index in [0.29, 0.717) is 18.1 Å². The van der Waals surface area contributed by atoms with E-state index in [1.807, 2.05) is 18.1 Å². The summed E-state index contributed by atoms with van der Waals surface area (Å²) in [6, 6.07) is 10.5. The van der Waals surface area contributed by atoms with E-state index in [-0.39, 0.29) is 23.5 Å². The van der Waals surface area contributed by atoms with Gasteiger partial charge in [0.15, 0.2) is 0 Å². The molecule has 0 radical (unpaired) electrons. The minimum Gasteiger partial charge on any atom is -0.381 e. The van der Waals surface area contributed by atoms with Crippen molar-refractivity contribution in [1.82, 2.24) is 4.98 Å². The number of hydrogen-bond acceptors (Lipinski definition) is 6. The molecule has 1 aromatic carbocycles. The number of benzene rings is 1. The minimum absolute atomic E-state index is 0.0165. The SMILES string of the molecule is COC1CC2(C1)CN(c1ccc3c(c1)N(C(=O)[C@H]1CC[C@H](OC(C)(C)C)CC1)Cc1cccnc1N3)C2. The summed E-state index contributed by atoms with van der Waals surface area (Å²) in [6.07, 6.45) is 8.37. The predicted molar refractivity (Wildman–Crippen MR) is 146 cm³/mol. The molecular formula is C30H40N4O3. The Hall–Kier alpha value is -2.64. The number of carbonyl (C=O) groups excluding carboxylic acids is 1. The molecule has 1 N–H and O–H groups in total. The third-order valence-corrected chi connectivity index (χ3v) is 8.63. The molecule has 198 valence electrons. The van der Waals surface area contributed by atoms with Crippen LogP contribution in [0.15, 0.2) is 36.5 Å². The van der Waals surface area contributed by atoms with Crippen molar-refractivity contribution in [1.29, 1.82) is 0 Å². The number of ether oxygens (including phenoxy) is 2. The second-order valence-electron chi connectivity index (χ2n) is 12.6. The van der Waals surface area contributed by atoms with Gasteiger partial charge in [-0.05, 0) is 83.6 Å². The summed E-state index contributed by atoms with van der Waals surface area (Å²) in [4.78, 5) is 23.1. The van der Waals surface area contributed by atoms with Gasteiger partial charge in [-0.1, -0.05) is 6.07 Å². The van der Waals surface area contributed by atoms with Crippen molar-refractivity contribution in [2.45, 2.75) is 83.6 Å². The zero-order valence-corrected chi connectivity index (χ0v) is 22.6. The summed E-state index contributed by atoms with van der Waals surface area (Å²) in [5.74, 6) is 1.06.